The molecule has 0 radical (unpaired) electrons. The molecule has 0 aromatic rings. The Kier molecular flexibility index (Phi) is 30.1. The zero-order chi connectivity index (χ0) is 44.1. The fourth-order valence-corrected chi connectivity index (χ4v) is 7.61. The first-order valence-electron chi connectivity index (χ1n) is 23.5. The Bertz CT molecular complexity index is 1080. The monoisotopic (exact) mass is 865 g/mol. The predicted molar refractivity (Wildman–Crippen MR) is 225 cm³/mol. The Morgan fingerprint density at radius 2 is 1.03 bits per heavy atom. The van der Waals surface area contributed by atoms with E-state index in [0.717, 1.165) is 44.4 Å². The number of rotatable bonds is 35. The van der Waals surface area contributed by atoms with Crippen LogP contribution < -0.4 is 0 Å². The van der Waals surface area contributed by atoms with E-state index >= 15 is 0 Å². The minimum Gasteiger partial charge on any atom is -0.463 e. The highest BCUT2D eigenvalue weighted by Gasteiger charge is 2.51. The van der Waals surface area contributed by atoms with Crippen molar-refractivity contribution < 1.29 is 73.8 Å². The van der Waals surface area contributed by atoms with Gasteiger partial charge in [0.1, 0.15) is 68.1 Å². The van der Waals surface area contributed by atoms with Gasteiger partial charge in [-0.25, -0.2) is 0 Å². The van der Waals surface area contributed by atoms with E-state index in [1.807, 2.05) is 0 Å². The third-order valence-corrected chi connectivity index (χ3v) is 11.5. The number of unbranched alkanes of at least 4 members (excludes halogenated alkanes) is 19. The highest BCUT2D eigenvalue weighted by molar-refractivity contribution is 5.69. The van der Waals surface area contributed by atoms with Crippen LogP contribution >= 0.6 is 0 Å². The largest absolute Gasteiger partial charge is 0.463 e. The minimum absolute atomic E-state index is 0.162. The lowest BCUT2D eigenvalue weighted by atomic mass is 9.97. The normalized spacial score (nSPS) is 27.6. The van der Waals surface area contributed by atoms with Gasteiger partial charge in [-0.2, -0.15) is 0 Å². The molecular formula is C45H84O15. The zero-order valence-electron chi connectivity index (χ0n) is 37.1. The molecule has 0 aliphatic carbocycles. The van der Waals surface area contributed by atoms with Gasteiger partial charge >= 0.3 is 11.9 Å². The van der Waals surface area contributed by atoms with Gasteiger partial charge in [-0.05, 0) is 18.8 Å². The quantitative estimate of drug-likeness (QED) is 0.0324. The van der Waals surface area contributed by atoms with E-state index in [9.17, 15) is 45.3 Å². The molecule has 7 N–H and O–H groups in total. The summed E-state index contributed by atoms with van der Waals surface area (Å²) in [6.45, 7) is 4.72. The van der Waals surface area contributed by atoms with Crippen LogP contribution in [0.15, 0.2) is 0 Å². The SMILES string of the molecule is CCCCCCCCCCCCCCC(=O)OC[C@H](O)CO[C@H]1O[C@H](COC(=O)CCCCCCCCCCCC(C)C)[C@@H](O)[C@H](O[C@H]2O[C@H](CO)[C@@H](O)[C@H](O)[C@@H]2O)[C@@H]1O. The summed E-state index contributed by atoms with van der Waals surface area (Å²) >= 11 is 0. The molecular weight excluding hydrogens is 780 g/mol. The fourth-order valence-electron chi connectivity index (χ4n) is 7.61. The van der Waals surface area contributed by atoms with Crippen molar-refractivity contribution in [2.45, 2.75) is 242 Å². The molecule has 0 bridgehead atoms. The zero-order valence-corrected chi connectivity index (χ0v) is 37.1. The van der Waals surface area contributed by atoms with Gasteiger partial charge in [0.05, 0.1) is 13.2 Å². The van der Waals surface area contributed by atoms with Crippen molar-refractivity contribution in [3.8, 4) is 0 Å². The Morgan fingerprint density at radius 3 is 1.55 bits per heavy atom. The van der Waals surface area contributed by atoms with Crippen LogP contribution in [0.4, 0.5) is 0 Å². The van der Waals surface area contributed by atoms with E-state index < -0.39 is 99.3 Å². The number of esters is 2. The molecule has 0 aromatic carbocycles. The summed E-state index contributed by atoms with van der Waals surface area (Å²) in [7, 11) is 0. The first kappa shape index (κ1) is 54.6. The summed E-state index contributed by atoms with van der Waals surface area (Å²) in [6, 6.07) is 0. The summed E-state index contributed by atoms with van der Waals surface area (Å²) < 4.78 is 33.2. The van der Waals surface area contributed by atoms with Crippen LogP contribution in [0.2, 0.25) is 0 Å². The van der Waals surface area contributed by atoms with E-state index in [1.165, 1.54) is 89.9 Å². The molecule has 2 saturated heterocycles. The predicted octanol–water partition coefficient (Wildman–Crippen LogP) is 5.12. The van der Waals surface area contributed by atoms with Crippen LogP contribution in [0.25, 0.3) is 0 Å². The average molecular weight is 865 g/mol. The highest BCUT2D eigenvalue weighted by Crippen LogP contribution is 2.30. The molecule has 11 atom stereocenters. The fraction of sp³-hybridized carbons (Fsp3) is 0.956. The maximum Gasteiger partial charge on any atom is 0.305 e. The van der Waals surface area contributed by atoms with E-state index in [-0.39, 0.29) is 19.4 Å². The maximum absolute atomic E-state index is 12.6. The van der Waals surface area contributed by atoms with Crippen molar-refractivity contribution in [3.05, 3.63) is 0 Å². The van der Waals surface area contributed by atoms with Crippen LogP contribution in [0, 0.1) is 5.92 Å². The van der Waals surface area contributed by atoms with Gasteiger partial charge in [0.2, 0.25) is 0 Å². The molecule has 0 aromatic heterocycles. The second kappa shape index (κ2) is 33.1. The number of aliphatic hydroxyl groups excluding tert-OH is 7. The third kappa shape index (κ3) is 22.7. The van der Waals surface area contributed by atoms with Crippen molar-refractivity contribution >= 4 is 11.9 Å². The Labute approximate surface area is 359 Å². The van der Waals surface area contributed by atoms with Crippen molar-refractivity contribution in [1.29, 1.82) is 0 Å². The number of hydrogen-bond donors (Lipinski definition) is 7. The van der Waals surface area contributed by atoms with Crippen LogP contribution in [0.3, 0.4) is 0 Å². The van der Waals surface area contributed by atoms with Gasteiger partial charge in [0.25, 0.3) is 0 Å². The number of ether oxygens (including phenoxy) is 6. The summed E-state index contributed by atoms with van der Waals surface area (Å²) in [5, 5.41) is 73.6. The molecule has 2 rings (SSSR count). The number of hydrogen-bond acceptors (Lipinski definition) is 15. The summed E-state index contributed by atoms with van der Waals surface area (Å²) in [6.07, 6.45) is 8.03. The maximum atomic E-state index is 12.6. The van der Waals surface area contributed by atoms with Gasteiger partial charge < -0.3 is 64.2 Å². The Hall–Kier alpha value is -1.50. The van der Waals surface area contributed by atoms with Gasteiger partial charge in [-0.1, -0.05) is 149 Å². The summed E-state index contributed by atoms with van der Waals surface area (Å²) in [4.78, 5) is 25.0. The summed E-state index contributed by atoms with van der Waals surface area (Å²) in [5.74, 6) is -0.205. The first-order chi connectivity index (χ1) is 28.9. The van der Waals surface area contributed by atoms with E-state index in [1.54, 1.807) is 0 Å². The molecule has 0 spiro atoms. The number of carbonyl (C=O) groups excluding carboxylic acids is 2. The molecule has 2 aliphatic heterocycles. The molecule has 60 heavy (non-hydrogen) atoms. The summed E-state index contributed by atoms with van der Waals surface area (Å²) in [5.41, 5.74) is 0. The standard InChI is InChI=1S/C45H84O15/c1-4-5-6-7-8-9-10-11-14-17-20-23-26-36(48)55-29-33(47)30-57-44-42(54)43(60-45-41(53)40(52)38(50)34(28-46)58-45)39(51)35(59-44)31-56-37(49)27-24-21-18-15-12-13-16-19-22-25-32(2)3/h32-35,38-47,50-54H,4-31H2,1-3H3/t33-,34+,35+,38+,39+,40-,41-,42-,43-,44-,45+/m0/s1. The van der Waals surface area contributed by atoms with E-state index in [0.29, 0.717) is 12.8 Å². The average Bonchev–Trinajstić information content (AvgIpc) is 3.22. The molecule has 0 saturated carbocycles. The lowest BCUT2D eigenvalue weighted by molar-refractivity contribution is -0.361. The van der Waals surface area contributed by atoms with E-state index in [2.05, 4.69) is 20.8 Å². The number of carbonyl (C=O) groups is 2. The van der Waals surface area contributed by atoms with Crippen LogP contribution in [0.5, 0.6) is 0 Å². The molecule has 354 valence electrons. The van der Waals surface area contributed by atoms with Gasteiger partial charge in [0.15, 0.2) is 12.6 Å². The Balaban J connectivity index is 1.81. The van der Waals surface area contributed by atoms with Crippen molar-refractivity contribution in [1.82, 2.24) is 0 Å². The first-order valence-corrected chi connectivity index (χ1v) is 23.5. The second-order valence-corrected chi connectivity index (χ2v) is 17.4. The lowest BCUT2D eigenvalue weighted by Crippen LogP contribution is -2.65. The van der Waals surface area contributed by atoms with Crippen molar-refractivity contribution in [2.24, 2.45) is 5.92 Å². The highest BCUT2D eigenvalue weighted by atomic mass is 16.7. The van der Waals surface area contributed by atoms with Crippen LogP contribution in [0.1, 0.15) is 175 Å². The molecule has 0 unspecified atom stereocenters. The van der Waals surface area contributed by atoms with Gasteiger partial charge in [-0.3, -0.25) is 9.59 Å². The molecule has 15 heteroatoms. The second-order valence-electron chi connectivity index (χ2n) is 17.4. The van der Waals surface area contributed by atoms with Gasteiger partial charge in [0, 0.05) is 12.8 Å². The topological polar surface area (TPSA) is 231 Å². The van der Waals surface area contributed by atoms with Crippen molar-refractivity contribution in [2.75, 3.05) is 26.4 Å². The smallest absolute Gasteiger partial charge is 0.305 e. The molecule has 15 nitrogen and oxygen atoms in total. The van der Waals surface area contributed by atoms with Crippen LogP contribution in [-0.4, -0.2) is 142 Å². The third-order valence-electron chi connectivity index (χ3n) is 11.5. The van der Waals surface area contributed by atoms with E-state index in [4.69, 9.17) is 28.4 Å². The Morgan fingerprint density at radius 1 is 0.550 bits per heavy atom. The van der Waals surface area contributed by atoms with Crippen LogP contribution in [-0.2, 0) is 38.0 Å². The molecule has 2 fully saturated rings. The van der Waals surface area contributed by atoms with Crippen molar-refractivity contribution in [3.63, 3.8) is 0 Å². The van der Waals surface area contributed by atoms with Gasteiger partial charge in [-0.15, -0.1) is 0 Å². The molecule has 2 heterocycles. The molecule has 0 amide bonds. The lowest BCUT2D eigenvalue weighted by Gasteiger charge is -2.46. The minimum atomic E-state index is -1.83. The molecule has 2 aliphatic rings. The number of aliphatic hydroxyl groups is 7.